The Kier molecular flexibility index (Phi) is 4.23. The van der Waals surface area contributed by atoms with Crippen LogP contribution in [0.4, 0.5) is 0 Å². The first-order valence-electron chi connectivity index (χ1n) is 6.19. The number of hydrogen-bond acceptors (Lipinski definition) is 1. The first-order chi connectivity index (χ1) is 9.06. The largest absolute Gasteiger partial charge is 0.346 e. The molecule has 0 aliphatic rings. The summed E-state index contributed by atoms with van der Waals surface area (Å²) in [6.07, 6.45) is 0. The van der Waals surface area contributed by atoms with E-state index in [1.807, 2.05) is 62.4 Å². The SMILES string of the molecule is Cc1cccc(C(=O)N[C@H](C)c2ccc(Cl)cc2)c1. The molecule has 0 unspecified atom stereocenters. The molecule has 98 valence electrons. The standard InChI is InChI=1S/C16H16ClNO/c1-11-4-3-5-14(10-11)16(19)18-12(2)13-6-8-15(17)9-7-13/h3-10,12H,1-2H3,(H,18,19)/t12-/m1/s1. The zero-order valence-corrected chi connectivity index (χ0v) is 11.7. The van der Waals surface area contributed by atoms with Gasteiger partial charge in [-0.15, -0.1) is 0 Å². The van der Waals surface area contributed by atoms with Crippen molar-refractivity contribution in [2.45, 2.75) is 19.9 Å². The second-order valence-corrected chi connectivity index (χ2v) is 5.05. The van der Waals surface area contributed by atoms with E-state index < -0.39 is 0 Å². The van der Waals surface area contributed by atoms with Crippen molar-refractivity contribution in [2.75, 3.05) is 0 Å². The van der Waals surface area contributed by atoms with Crippen LogP contribution in [0.5, 0.6) is 0 Å². The average molecular weight is 274 g/mol. The summed E-state index contributed by atoms with van der Waals surface area (Å²) in [6.45, 7) is 3.93. The lowest BCUT2D eigenvalue weighted by molar-refractivity contribution is 0.0940. The summed E-state index contributed by atoms with van der Waals surface area (Å²) in [5.74, 6) is -0.0637. The quantitative estimate of drug-likeness (QED) is 0.895. The van der Waals surface area contributed by atoms with E-state index in [1.165, 1.54) is 0 Å². The van der Waals surface area contributed by atoms with Crippen LogP contribution in [0, 0.1) is 6.92 Å². The number of carbonyl (C=O) groups is 1. The summed E-state index contributed by atoms with van der Waals surface area (Å²) in [4.78, 5) is 12.1. The van der Waals surface area contributed by atoms with Gasteiger partial charge in [0.2, 0.25) is 0 Å². The van der Waals surface area contributed by atoms with Crippen molar-refractivity contribution in [2.24, 2.45) is 0 Å². The Morgan fingerprint density at radius 3 is 2.47 bits per heavy atom. The Balaban J connectivity index is 2.08. The maximum atomic E-state index is 12.1. The number of carbonyl (C=O) groups excluding carboxylic acids is 1. The van der Waals surface area contributed by atoms with E-state index in [0.29, 0.717) is 10.6 Å². The molecule has 2 rings (SSSR count). The van der Waals surface area contributed by atoms with Gasteiger partial charge < -0.3 is 5.32 Å². The monoisotopic (exact) mass is 273 g/mol. The van der Waals surface area contributed by atoms with Gasteiger partial charge in [0, 0.05) is 10.6 Å². The Bertz CT molecular complexity index is 578. The Labute approximate surface area is 118 Å². The van der Waals surface area contributed by atoms with E-state index in [4.69, 9.17) is 11.6 Å². The van der Waals surface area contributed by atoms with Gasteiger partial charge in [0.25, 0.3) is 5.91 Å². The van der Waals surface area contributed by atoms with Crippen LogP contribution in [-0.4, -0.2) is 5.91 Å². The molecule has 1 amide bonds. The van der Waals surface area contributed by atoms with Gasteiger partial charge in [-0.2, -0.15) is 0 Å². The normalized spacial score (nSPS) is 11.9. The summed E-state index contributed by atoms with van der Waals surface area (Å²) in [5, 5.41) is 3.67. The number of aryl methyl sites for hydroxylation is 1. The zero-order valence-electron chi connectivity index (χ0n) is 11.0. The number of rotatable bonds is 3. The number of amides is 1. The number of halogens is 1. The van der Waals surface area contributed by atoms with Crippen LogP contribution in [-0.2, 0) is 0 Å². The van der Waals surface area contributed by atoms with E-state index in [2.05, 4.69) is 5.32 Å². The molecule has 0 radical (unpaired) electrons. The molecular weight excluding hydrogens is 258 g/mol. The Morgan fingerprint density at radius 2 is 1.84 bits per heavy atom. The van der Waals surface area contributed by atoms with Gasteiger partial charge in [-0.1, -0.05) is 41.4 Å². The van der Waals surface area contributed by atoms with Gasteiger partial charge in [0.15, 0.2) is 0 Å². The maximum Gasteiger partial charge on any atom is 0.251 e. The molecular formula is C16H16ClNO. The summed E-state index contributed by atoms with van der Waals surface area (Å²) < 4.78 is 0. The van der Waals surface area contributed by atoms with Gasteiger partial charge in [-0.3, -0.25) is 4.79 Å². The number of nitrogens with one attached hydrogen (secondary N) is 1. The fourth-order valence-electron chi connectivity index (χ4n) is 1.90. The molecule has 0 saturated carbocycles. The molecule has 2 nitrogen and oxygen atoms in total. The fraction of sp³-hybridized carbons (Fsp3) is 0.188. The molecule has 0 heterocycles. The van der Waals surface area contributed by atoms with Crippen molar-refractivity contribution in [3.63, 3.8) is 0 Å². The van der Waals surface area contributed by atoms with Gasteiger partial charge in [0.1, 0.15) is 0 Å². The summed E-state index contributed by atoms with van der Waals surface area (Å²) in [6, 6.07) is 15.0. The third kappa shape index (κ3) is 3.58. The number of hydrogen-bond donors (Lipinski definition) is 1. The highest BCUT2D eigenvalue weighted by Gasteiger charge is 2.11. The molecule has 0 fully saturated rings. The third-order valence-electron chi connectivity index (χ3n) is 3.00. The summed E-state index contributed by atoms with van der Waals surface area (Å²) >= 11 is 5.85. The van der Waals surface area contributed by atoms with E-state index in [-0.39, 0.29) is 11.9 Å². The molecule has 2 aromatic rings. The molecule has 2 aromatic carbocycles. The van der Waals surface area contributed by atoms with Crippen LogP contribution in [0.1, 0.15) is 34.5 Å². The van der Waals surface area contributed by atoms with Crippen molar-refractivity contribution in [3.05, 3.63) is 70.2 Å². The minimum atomic E-state index is -0.0637. The van der Waals surface area contributed by atoms with Crippen molar-refractivity contribution in [1.82, 2.24) is 5.32 Å². The molecule has 0 spiro atoms. The molecule has 0 aliphatic heterocycles. The van der Waals surface area contributed by atoms with Crippen molar-refractivity contribution >= 4 is 17.5 Å². The van der Waals surface area contributed by atoms with E-state index >= 15 is 0 Å². The van der Waals surface area contributed by atoms with Crippen LogP contribution >= 0.6 is 11.6 Å². The topological polar surface area (TPSA) is 29.1 Å². The molecule has 1 N–H and O–H groups in total. The average Bonchev–Trinajstić information content (AvgIpc) is 2.39. The zero-order chi connectivity index (χ0) is 13.8. The molecule has 3 heteroatoms. The maximum absolute atomic E-state index is 12.1. The number of benzene rings is 2. The smallest absolute Gasteiger partial charge is 0.251 e. The third-order valence-corrected chi connectivity index (χ3v) is 3.25. The highest BCUT2D eigenvalue weighted by atomic mass is 35.5. The predicted molar refractivity (Wildman–Crippen MR) is 78.5 cm³/mol. The predicted octanol–water partition coefficient (Wildman–Crippen LogP) is 4.14. The van der Waals surface area contributed by atoms with Gasteiger partial charge in [0.05, 0.1) is 6.04 Å². The Hall–Kier alpha value is -1.80. The lowest BCUT2D eigenvalue weighted by atomic mass is 10.1. The lowest BCUT2D eigenvalue weighted by Gasteiger charge is -2.14. The summed E-state index contributed by atoms with van der Waals surface area (Å²) in [7, 11) is 0. The van der Waals surface area contributed by atoms with Crippen LogP contribution in [0.2, 0.25) is 5.02 Å². The molecule has 0 aliphatic carbocycles. The van der Waals surface area contributed by atoms with Crippen LogP contribution in [0.15, 0.2) is 48.5 Å². The van der Waals surface area contributed by atoms with Crippen molar-refractivity contribution in [3.8, 4) is 0 Å². The molecule has 0 bridgehead atoms. The van der Waals surface area contributed by atoms with Crippen LogP contribution in [0.3, 0.4) is 0 Å². The van der Waals surface area contributed by atoms with Crippen molar-refractivity contribution < 1.29 is 4.79 Å². The summed E-state index contributed by atoms with van der Waals surface area (Å²) in [5.41, 5.74) is 2.79. The fourth-order valence-corrected chi connectivity index (χ4v) is 2.03. The van der Waals surface area contributed by atoms with E-state index in [0.717, 1.165) is 11.1 Å². The minimum absolute atomic E-state index is 0.0507. The minimum Gasteiger partial charge on any atom is -0.346 e. The van der Waals surface area contributed by atoms with E-state index in [9.17, 15) is 4.79 Å². The Morgan fingerprint density at radius 1 is 1.16 bits per heavy atom. The second kappa shape index (κ2) is 5.89. The van der Waals surface area contributed by atoms with Crippen LogP contribution < -0.4 is 5.32 Å². The molecule has 19 heavy (non-hydrogen) atoms. The second-order valence-electron chi connectivity index (χ2n) is 4.62. The first kappa shape index (κ1) is 13.6. The lowest BCUT2D eigenvalue weighted by Crippen LogP contribution is -2.26. The molecule has 0 aromatic heterocycles. The highest BCUT2D eigenvalue weighted by molar-refractivity contribution is 6.30. The molecule has 1 atom stereocenters. The highest BCUT2D eigenvalue weighted by Crippen LogP contribution is 2.16. The van der Waals surface area contributed by atoms with E-state index in [1.54, 1.807) is 0 Å². The first-order valence-corrected chi connectivity index (χ1v) is 6.57. The van der Waals surface area contributed by atoms with Crippen LogP contribution in [0.25, 0.3) is 0 Å². The van der Waals surface area contributed by atoms with Crippen molar-refractivity contribution in [1.29, 1.82) is 0 Å². The van der Waals surface area contributed by atoms with Gasteiger partial charge in [-0.25, -0.2) is 0 Å². The molecule has 0 saturated heterocycles. The van der Waals surface area contributed by atoms with Gasteiger partial charge in [-0.05, 0) is 43.7 Å². The van der Waals surface area contributed by atoms with Gasteiger partial charge >= 0.3 is 0 Å².